The van der Waals surface area contributed by atoms with Crippen LogP contribution in [0.1, 0.15) is 35.8 Å². The molecule has 3 aromatic rings. The average molecular weight is 504 g/mol. The number of carboxylic acid groups (broad SMARTS) is 1. The quantitative estimate of drug-likeness (QED) is 0.477. The molecule has 8 nitrogen and oxygen atoms in total. The molecule has 2 aromatic heterocycles. The van der Waals surface area contributed by atoms with E-state index >= 15 is 0 Å². The van der Waals surface area contributed by atoms with E-state index in [0.29, 0.717) is 17.6 Å². The molecule has 0 unspecified atom stereocenters. The maximum Gasteiger partial charge on any atom is 0.490 e. The lowest BCUT2D eigenvalue weighted by Gasteiger charge is -2.09. The number of anilines is 2. The van der Waals surface area contributed by atoms with Gasteiger partial charge in [-0.05, 0) is 48.9 Å². The molecule has 11 heteroatoms. The van der Waals surface area contributed by atoms with Crippen LogP contribution in [0.25, 0.3) is 11.1 Å². The highest BCUT2D eigenvalue weighted by atomic mass is 19.4. The predicted molar refractivity (Wildman–Crippen MR) is 130 cm³/mol. The molecule has 0 aliphatic heterocycles. The first-order valence-corrected chi connectivity index (χ1v) is 11.4. The summed E-state index contributed by atoms with van der Waals surface area (Å²) in [6.45, 7) is 2.99. The topological polar surface area (TPSA) is 100 Å². The number of alkyl halides is 3. The molecule has 1 saturated carbocycles. The maximum atomic E-state index is 13.0. The van der Waals surface area contributed by atoms with Gasteiger partial charge < -0.3 is 19.9 Å². The molecule has 1 aromatic carbocycles. The van der Waals surface area contributed by atoms with Crippen LogP contribution in [-0.4, -0.2) is 51.8 Å². The molecule has 4 rings (SSSR count). The maximum absolute atomic E-state index is 13.0. The van der Waals surface area contributed by atoms with Crippen LogP contribution in [0.2, 0.25) is 0 Å². The van der Waals surface area contributed by atoms with Crippen molar-refractivity contribution in [3.8, 4) is 11.1 Å². The Bertz CT molecular complexity index is 1190. The lowest BCUT2D eigenvalue weighted by atomic mass is 10.1. The standard InChI is InChI=1S/C23H27N5O.C2HF3O2/c1-4-16-7-9-20(10-8-16)26-22(29)21-11-18(15-28(21)14-17-5-6-17)19-12-24-23(25-13-19)27(2)3;3-2(4,5)1(6)7/h7-13,15,17H,4-6,14H2,1-3H3,(H,26,29);(H,6,7). The van der Waals surface area contributed by atoms with Crippen LogP contribution in [-0.2, 0) is 17.8 Å². The first kappa shape index (κ1) is 26.7. The molecule has 1 fully saturated rings. The minimum Gasteiger partial charge on any atom is -0.475 e. The van der Waals surface area contributed by atoms with Gasteiger partial charge in [-0.15, -0.1) is 0 Å². The summed E-state index contributed by atoms with van der Waals surface area (Å²) in [6.07, 6.45) is 4.02. The van der Waals surface area contributed by atoms with Gasteiger partial charge in [0.1, 0.15) is 5.69 Å². The number of nitrogens with zero attached hydrogens (tertiary/aromatic N) is 4. The van der Waals surface area contributed by atoms with Gasteiger partial charge in [-0.1, -0.05) is 19.1 Å². The van der Waals surface area contributed by atoms with Crippen LogP contribution in [0, 0.1) is 5.92 Å². The molecule has 192 valence electrons. The number of rotatable bonds is 7. The SMILES string of the molecule is CCc1ccc(NC(=O)c2cc(-c3cnc(N(C)C)nc3)cn2CC2CC2)cc1.O=C(O)C(F)(F)F. The molecule has 0 bridgehead atoms. The third kappa shape index (κ3) is 7.30. The van der Waals surface area contributed by atoms with Crippen LogP contribution in [0.5, 0.6) is 0 Å². The van der Waals surface area contributed by atoms with Crippen molar-refractivity contribution in [2.24, 2.45) is 5.92 Å². The number of carboxylic acids is 1. The number of amides is 1. The average Bonchev–Trinajstić information content (AvgIpc) is 3.55. The van der Waals surface area contributed by atoms with Gasteiger partial charge in [0.15, 0.2) is 0 Å². The fourth-order valence-corrected chi connectivity index (χ4v) is 3.31. The van der Waals surface area contributed by atoms with E-state index < -0.39 is 12.1 Å². The monoisotopic (exact) mass is 503 g/mol. The van der Waals surface area contributed by atoms with E-state index in [2.05, 4.69) is 26.8 Å². The van der Waals surface area contributed by atoms with Crippen LogP contribution in [0.15, 0.2) is 48.9 Å². The fourth-order valence-electron chi connectivity index (χ4n) is 3.31. The van der Waals surface area contributed by atoms with Gasteiger partial charge >= 0.3 is 12.1 Å². The normalized spacial score (nSPS) is 12.9. The van der Waals surface area contributed by atoms with Crippen molar-refractivity contribution in [2.75, 3.05) is 24.3 Å². The van der Waals surface area contributed by atoms with E-state index in [1.807, 2.05) is 67.9 Å². The van der Waals surface area contributed by atoms with E-state index in [4.69, 9.17) is 9.90 Å². The Morgan fingerprint density at radius 2 is 1.69 bits per heavy atom. The first-order valence-electron chi connectivity index (χ1n) is 11.4. The Kier molecular flexibility index (Phi) is 8.33. The predicted octanol–water partition coefficient (Wildman–Crippen LogP) is 4.87. The number of aryl methyl sites for hydroxylation is 1. The second-order valence-corrected chi connectivity index (χ2v) is 8.68. The van der Waals surface area contributed by atoms with Crippen LogP contribution < -0.4 is 10.2 Å². The highest BCUT2D eigenvalue weighted by Crippen LogP contribution is 2.32. The summed E-state index contributed by atoms with van der Waals surface area (Å²) in [5.41, 5.74) is 4.60. The molecule has 0 atom stereocenters. The summed E-state index contributed by atoms with van der Waals surface area (Å²) in [5, 5.41) is 10.2. The zero-order valence-electron chi connectivity index (χ0n) is 20.2. The Morgan fingerprint density at radius 3 is 2.17 bits per heavy atom. The number of carbonyl (C=O) groups is 2. The van der Waals surface area contributed by atoms with Gasteiger partial charge in [-0.2, -0.15) is 13.2 Å². The summed E-state index contributed by atoms with van der Waals surface area (Å²) < 4.78 is 33.8. The minimum absolute atomic E-state index is 0.0908. The van der Waals surface area contributed by atoms with E-state index in [1.54, 1.807) is 0 Å². The molecule has 0 radical (unpaired) electrons. The Labute approximate surface area is 206 Å². The first-order chi connectivity index (χ1) is 17.0. The zero-order valence-corrected chi connectivity index (χ0v) is 20.2. The third-order valence-electron chi connectivity index (χ3n) is 5.52. The van der Waals surface area contributed by atoms with Crippen molar-refractivity contribution in [1.82, 2.24) is 14.5 Å². The Hall–Kier alpha value is -3.89. The van der Waals surface area contributed by atoms with Gasteiger partial charge in [0, 0.05) is 56.0 Å². The molecule has 2 N–H and O–H groups in total. The summed E-state index contributed by atoms with van der Waals surface area (Å²) in [7, 11) is 3.83. The highest BCUT2D eigenvalue weighted by molar-refractivity contribution is 6.04. The molecule has 1 aliphatic carbocycles. The number of hydrogen-bond acceptors (Lipinski definition) is 5. The highest BCUT2D eigenvalue weighted by Gasteiger charge is 2.38. The van der Waals surface area contributed by atoms with Crippen molar-refractivity contribution in [3.05, 3.63) is 60.2 Å². The molecular weight excluding hydrogens is 475 g/mol. The van der Waals surface area contributed by atoms with Gasteiger partial charge in [-0.25, -0.2) is 14.8 Å². The van der Waals surface area contributed by atoms with Crippen LogP contribution in [0.4, 0.5) is 24.8 Å². The molecule has 1 aliphatic rings. The van der Waals surface area contributed by atoms with Crippen molar-refractivity contribution < 1.29 is 27.9 Å². The van der Waals surface area contributed by atoms with Crippen LogP contribution >= 0.6 is 0 Å². The lowest BCUT2D eigenvalue weighted by molar-refractivity contribution is -0.192. The number of carbonyl (C=O) groups excluding carboxylic acids is 1. The molecule has 2 heterocycles. The fraction of sp³-hybridized carbons (Fsp3) is 0.360. The molecule has 0 saturated heterocycles. The third-order valence-corrected chi connectivity index (χ3v) is 5.52. The second kappa shape index (κ2) is 11.2. The van der Waals surface area contributed by atoms with E-state index in [9.17, 15) is 18.0 Å². The molecule has 36 heavy (non-hydrogen) atoms. The second-order valence-electron chi connectivity index (χ2n) is 8.68. The van der Waals surface area contributed by atoms with Crippen molar-refractivity contribution in [3.63, 3.8) is 0 Å². The number of benzene rings is 1. The Balaban J connectivity index is 0.000000454. The summed E-state index contributed by atoms with van der Waals surface area (Å²) >= 11 is 0. The lowest BCUT2D eigenvalue weighted by Crippen LogP contribution is -2.21. The van der Waals surface area contributed by atoms with Crippen molar-refractivity contribution in [2.45, 2.75) is 38.9 Å². The molecule has 1 amide bonds. The smallest absolute Gasteiger partial charge is 0.475 e. The van der Waals surface area contributed by atoms with Crippen molar-refractivity contribution >= 4 is 23.5 Å². The van der Waals surface area contributed by atoms with E-state index in [0.717, 1.165) is 29.8 Å². The number of aliphatic carboxylic acids is 1. The van der Waals surface area contributed by atoms with E-state index in [1.165, 1.54) is 18.4 Å². The van der Waals surface area contributed by atoms with Gasteiger partial charge in [0.05, 0.1) is 0 Å². The number of aromatic nitrogens is 3. The van der Waals surface area contributed by atoms with E-state index in [-0.39, 0.29) is 5.91 Å². The summed E-state index contributed by atoms with van der Waals surface area (Å²) in [5.74, 6) is -1.52. The van der Waals surface area contributed by atoms with Crippen LogP contribution in [0.3, 0.4) is 0 Å². The minimum atomic E-state index is -5.08. The zero-order chi connectivity index (χ0) is 26.5. The van der Waals surface area contributed by atoms with Gasteiger partial charge in [-0.3, -0.25) is 4.79 Å². The summed E-state index contributed by atoms with van der Waals surface area (Å²) in [6, 6.07) is 9.95. The number of nitrogens with one attached hydrogen (secondary N) is 1. The van der Waals surface area contributed by atoms with Gasteiger partial charge in [0.25, 0.3) is 5.91 Å². The number of hydrogen-bond donors (Lipinski definition) is 2. The van der Waals surface area contributed by atoms with Crippen molar-refractivity contribution in [1.29, 1.82) is 0 Å². The number of halogens is 3. The molecule has 0 spiro atoms. The van der Waals surface area contributed by atoms with Gasteiger partial charge in [0.2, 0.25) is 5.95 Å². The molecular formula is C25H28F3N5O3. The largest absolute Gasteiger partial charge is 0.490 e. The summed E-state index contributed by atoms with van der Waals surface area (Å²) in [4.78, 5) is 32.6. The Morgan fingerprint density at radius 1 is 1.11 bits per heavy atom.